The minimum absolute atomic E-state index is 0.271. The third-order valence-corrected chi connectivity index (χ3v) is 3.31. The van der Waals surface area contributed by atoms with Gasteiger partial charge in [0.25, 0.3) is 0 Å². The van der Waals surface area contributed by atoms with E-state index in [1.165, 1.54) is 11.1 Å². The van der Waals surface area contributed by atoms with Gasteiger partial charge in [-0.1, -0.05) is 48.0 Å². The molecule has 0 unspecified atom stereocenters. The van der Waals surface area contributed by atoms with Crippen molar-refractivity contribution in [1.82, 2.24) is 5.32 Å². The van der Waals surface area contributed by atoms with E-state index in [-0.39, 0.29) is 6.04 Å². The summed E-state index contributed by atoms with van der Waals surface area (Å²) in [6, 6.07) is 18.7. The van der Waals surface area contributed by atoms with Crippen molar-refractivity contribution in [1.29, 1.82) is 5.26 Å². The maximum atomic E-state index is 9.05. The fraction of sp³-hybridized carbons (Fsp3) is 0.235. The van der Waals surface area contributed by atoms with Gasteiger partial charge in [0.2, 0.25) is 0 Å². The number of hydrogen-bond donors (Lipinski definition) is 1. The van der Waals surface area contributed by atoms with Crippen molar-refractivity contribution in [3.8, 4) is 6.07 Å². The minimum atomic E-state index is 0.271. The van der Waals surface area contributed by atoms with Gasteiger partial charge in [-0.05, 0) is 31.0 Å². The van der Waals surface area contributed by atoms with Gasteiger partial charge in [-0.15, -0.1) is 0 Å². The van der Waals surface area contributed by atoms with Crippen LogP contribution < -0.4 is 5.32 Å². The molecule has 2 aromatic rings. The second kappa shape index (κ2) is 6.17. The molecule has 1 atom stereocenters. The summed E-state index contributed by atoms with van der Waals surface area (Å²) in [5.74, 6) is 0. The smallest absolute Gasteiger partial charge is 0.0995 e. The second-order valence-electron chi connectivity index (χ2n) is 4.78. The first kappa shape index (κ1) is 13.3. The molecule has 0 saturated heterocycles. The number of rotatable bonds is 4. The first-order valence-electron chi connectivity index (χ1n) is 6.48. The lowest BCUT2D eigenvalue weighted by Crippen LogP contribution is -2.18. The molecule has 0 saturated carbocycles. The van der Waals surface area contributed by atoms with Crippen LogP contribution in [0.5, 0.6) is 0 Å². The van der Waals surface area contributed by atoms with E-state index in [1.807, 2.05) is 24.3 Å². The van der Waals surface area contributed by atoms with Crippen LogP contribution in [-0.2, 0) is 6.54 Å². The number of benzene rings is 2. The highest BCUT2D eigenvalue weighted by Gasteiger charge is 2.06. The number of nitriles is 1. The topological polar surface area (TPSA) is 35.8 Å². The Hall–Kier alpha value is -2.11. The zero-order valence-electron chi connectivity index (χ0n) is 11.4. The van der Waals surface area contributed by atoms with Gasteiger partial charge in [0, 0.05) is 12.6 Å². The van der Waals surface area contributed by atoms with Gasteiger partial charge in [-0.2, -0.15) is 5.26 Å². The van der Waals surface area contributed by atoms with Crippen LogP contribution in [0.3, 0.4) is 0 Å². The van der Waals surface area contributed by atoms with E-state index in [1.54, 1.807) is 0 Å². The Morgan fingerprint density at radius 3 is 2.47 bits per heavy atom. The highest BCUT2D eigenvalue weighted by Crippen LogP contribution is 2.15. The fourth-order valence-electron chi connectivity index (χ4n) is 2.02. The molecule has 0 aliphatic carbocycles. The summed E-state index contributed by atoms with van der Waals surface area (Å²) < 4.78 is 0. The zero-order chi connectivity index (χ0) is 13.7. The third kappa shape index (κ3) is 3.43. The van der Waals surface area contributed by atoms with Crippen LogP contribution >= 0.6 is 0 Å². The molecule has 0 radical (unpaired) electrons. The third-order valence-electron chi connectivity index (χ3n) is 3.31. The first-order chi connectivity index (χ1) is 9.20. The highest BCUT2D eigenvalue weighted by atomic mass is 14.9. The van der Waals surface area contributed by atoms with Gasteiger partial charge in [0.1, 0.15) is 0 Å². The van der Waals surface area contributed by atoms with Gasteiger partial charge >= 0.3 is 0 Å². The van der Waals surface area contributed by atoms with Gasteiger partial charge in [0.15, 0.2) is 0 Å². The number of nitrogens with one attached hydrogen (secondary N) is 1. The Bertz CT molecular complexity index is 579. The quantitative estimate of drug-likeness (QED) is 0.897. The fourth-order valence-corrected chi connectivity index (χ4v) is 2.02. The normalized spacial score (nSPS) is 11.8. The van der Waals surface area contributed by atoms with Crippen molar-refractivity contribution in [3.05, 3.63) is 70.8 Å². The molecule has 0 fully saturated rings. The van der Waals surface area contributed by atoms with Gasteiger partial charge in [-0.25, -0.2) is 0 Å². The van der Waals surface area contributed by atoms with E-state index in [4.69, 9.17) is 5.26 Å². The molecule has 0 heterocycles. The lowest BCUT2D eigenvalue weighted by Gasteiger charge is -2.15. The Balaban J connectivity index is 2.02. The Morgan fingerprint density at radius 2 is 1.79 bits per heavy atom. The summed E-state index contributed by atoms with van der Waals surface area (Å²) in [6.07, 6.45) is 0. The lowest BCUT2D eigenvalue weighted by atomic mass is 10.1. The van der Waals surface area contributed by atoms with Crippen LogP contribution in [0.1, 0.15) is 35.2 Å². The van der Waals surface area contributed by atoms with E-state index >= 15 is 0 Å². The van der Waals surface area contributed by atoms with Gasteiger partial charge in [-0.3, -0.25) is 0 Å². The number of aryl methyl sites for hydroxylation is 1. The molecule has 2 rings (SSSR count). The molecule has 1 N–H and O–H groups in total. The Morgan fingerprint density at radius 1 is 1.11 bits per heavy atom. The van der Waals surface area contributed by atoms with Gasteiger partial charge < -0.3 is 5.32 Å². The molecule has 0 spiro atoms. The Labute approximate surface area is 114 Å². The lowest BCUT2D eigenvalue weighted by molar-refractivity contribution is 0.574. The standard InChI is InChI=1S/C17H18N2/c1-13-7-9-15(10-8-13)14(2)19-12-17-6-4-3-5-16(17)11-18/h3-10,14,19H,12H2,1-2H3/t14-/m1/s1. The van der Waals surface area contributed by atoms with Crippen molar-refractivity contribution < 1.29 is 0 Å². The summed E-state index contributed by atoms with van der Waals surface area (Å²) in [4.78, 5) is 0. The number of nitrogens with zero attached hydrogens (tertiary/aromatic N) is 1. The molecule has 0 aliphatic rings. The number of hydrogen-bond acceptors (Lipinski definition) is 2. The van der Waals surface area contributed by atoms with Crippen LogP contribution in [-0.4, -0.2) is 0 Å². The molecular formula is C17H18N2. The molecule has 0 aromatic heterocycles. The van der Waals surface area contributed by atoms with E-state index in [9.17, 15) is 0 Å². The van der Waals surface area contributed by atoms with Crippen LogP contribution in [0.2, 0.25) is 0 Å². The van der Waals surface area contributed by atoms with Crippen LogP contribution in [0.4, 0.5) is 0 Å². The first-order valence-corrected chi connectivity index (χ1v) is 6.48. The van der Waals surface area contributed by atoms with Gasteiger partial charge in [0.05, 0.1) is 11.6 Å². The largest absolute Gasteiger partial charge is 0.306 e. The van der Waals surface area contributed by atoms with E-state index < -0.39 is 0 Å². The molecule has 19 heavy (non-hydrogen) atoms. The average Bonchev–Trinajstić information content (AvgIpc) is 2.45. The maximum absolute atomic E-state index is 9.05. The van der Waals surface area contributed by atoms with Crippen LogP contribution in [0.15, 0.2) is 48.5 Å². The predicted molar refractivity (Wildman–Crippen MR) is 77.6 cm³/mol. The summed E-state index contributed by atoms with van der Waals surface area (Å²) >= 11 is 0. The molecule has 2 nitrogen and oxygen atoms in total. The van der Waals surface area contributed by atoms with Crippen molar-refractivity contribution in [2.75, 3.05) is 0 Å². The van der Waals surface area contributed by atoms with E-state index in [2.05, 4.69) is 49.5 Å². The molecule has 0 amide bonds. The summed E-state index contributed by atoms with van der Waals surface area (Å²) in [7, 11) is 0. The summed E-state index contributed by atoms with van der Waals surface area (Å²) in [5.41, 5.74) is 4.32. The van der Waals surface area contributed by atoms with E-state index in [0.717, 1.165) is 11.1 Å². The molecule has 0 aliphatic heterocycles. The van der Waals surface area contributed by atoms with Crippen molar-refractivity contribution in [2.24, 2.45) is 0 Å². The molecular weight excluding hydrogens is 232 g/mol. The highest BCUT2D eigenvalue weighted by molar-refractivity contribution is 5.37. The molecule has 96 valence electrons. The summed E-state index contributed by atoms with van der Waals surface area (Å²) in [6.45, 7) is 4.93. The van der Waals surface area contributed by atoms with Crippen molar-refractivity contribution in [2.45, 2.75) is 26.4 Å². The predicted octanol–water partition coefficient (Wildman–Crippen LogP) is 3.72. The summed E-state index contributed by atoms with van der Waals surface area (Å²) in [5, 5.41) is 12.5. The molecule has 2 heteroatoms. The maximum Gasteiger partial charge on any atom is 0.0995 e. The van der Waals surface area contributed by atoms with Crippen LogP contribution in [0, 0.1) is 18.3 Å². The SMILES string of the molecule is Cc1ccc([C@@H](C)NCc2ccccc2C#N)cc1. The monoisotopic (exact) mass is 250 g/mol. The van der Waals surface area contributed by atoms with Crippen molar-refractivity contribution in [3.63, 3.8) is 0 Å². The Kier molecular flexibility index (Phi) is 4.33. The minimum Gasteiger partial charge on any atom is -0.306 e. The zero-order valence-corrected chi connectivity index (χ0v) is 11.4. The van der Waals surface area contributed by atoms with Crippen molar-refractivity contribution >= 4 is 0 Å². The second-order valence-corrected chi connectivity index (χ2v) is 4.78. The molecule has 0 bridgehead atoms. The van der Waals surface area contributed by atoms with Crippen LogP contribution in [0.25, 0.3) is 0 Å². The average molecular weight is 250 g/mol. The van der Waals surface area contributed by atoms with E-state index in [0.29, 0.717) is 6.54 Å². The molecule has 2 aromatic carbocycles.